The molecule has 1 saturated carbocycles. The van der Waals surface area contributed by atoms with Gasteiger partial charge in [-0.05, 0) is 49.2 Å². The molecule has 7 heteroatoms. The summed E-state index contributed by atoms with van der Waals surface area (Å²) in [7, 11) is 0. The first-order valence-electron chi connectivity index (χ1n) is 8.89. The van der Waals surface area contributed by atoms with E-state index in [0.717, 1.165) is 18.7 Å². The van der Waals surface area contributed by atoms with Crippen molar-refractivity contribution in [3.05, 3.63) is 53.7 Å². The smallest absolute Gasteiger partial charge is 0.340 e. The molecule has 0 spiro atoms. The monoisotopic (exact) mass is 362 g/mol. The van der Waals surface area contributed by atoms with Gasteiger partial charge in [-0.25, -0.2) is 9.78 Å². The third-order valence-electron chi connectivity index (χ3n) is 4.64. The molecule has 4 rings (SSSR count). The van der Waals surface area contributed by atoms with Gasteiger partial charge >= 0.3 is 5.97 Å². The number of carbonyl (C=O) groups is 2. The van der Waals surface area contributed by atoms with Crippen LogP contribution in [0.2, 0.25) is 0 Å². The second-order valence-corrected chi connectivity index (χ2v) is 6.68. The first-order valence-corrected chi connectivity index (χ1v) is 8.89. The Morgan fingerprint density at radius 1 is 1.19 bits per heavy atom. The Morgan fingerprint density at radius 3 is 2.59 bits per heavy atom. The third-order valence-corrected chi connectivity index (χ3v) is 4.64. The van der Waals surface area contributed by atoms with E-state index in [1.807, 2.05) is 6.07 Å². The molecule has 2 aliphatic rings. The number of amides is 1. The van der Waals surface area contributed by atoms with Crippen LogP contribution in [-0.4, -0.2) is 35.6 Å². The Labute approximate surface area is 156 Å². The van der Waals surface area contributed by atoms with E-state index in [1.165, 1.54) is 6.20 Å². The number of nitrogens with zero attached hydrogens (tertiary/aromatic N) is 3. The Bertz CT molecular complexity index is 898. The molecule has 2 aromatic rings. The molecule has 0 radical (unpaired) electrons. The predicted molar refractivity (Wildman–Crippen MR) is 98.2 cm³/mol. The first-order chi connectivity index (χ1) is 13.1. The summed E-state index contributed by atoms with van der Waals surface area (Å²) in [4.78, 5) is 30.7. The SMILES string of the molecule is N#Cc1ccc(N2CCC(OC(=O)c3ccc(NC4CC4)nc3)C2=O)cc1. The summed E-state index contributed by atoms with van der Waals surface area (Å²) in [5.74, 6) is -0.0773. The van der Waals surface area contributed by atoms with Gasteiger partial charge in [-0.15, -0.1) is 0 Å². The van der Waals surface area contributed by atoms with Gasteiger partial charge in [-0.3, -0.25) is 4.79 Å². The lowest BCUT2D eigenvalue weighted by Crippen LogP contribution is -2.32. The zero-order valence-corrected chi connectivity index (χ0v) is 14.6. The van der Waals surface area contributed by atoms with Crippen molar-refractivity contribution in [2.24, 2.45) is 0 Å². The van der Waals surface area contributed by atoms with Crippen molar-refractivity contribution in [2.75, 3.05) is 16.8 Å². The number of nitrogens with one attached hydrogen (secondary N) is 1. The topological polar surface area (TPSA) is 95.3 Å². The number of ether oxygens (including phenoxy) is 1. The van der Waals surface area contributed by atoms with E-state index >= 15 is 0 Å². The molecule has 1 atom stereocenters. The van der Waals surface area contributed by atoms with E-state index in [1.54, 1.807) is 41.3 Å². The zero-order chi connectivity index (χ0) is 18.8. The molecule has 1 aliphatic carbocycles. The fourth-order valence-corrected chi connectivity index (χ4v) is 2.97. The Balaban J connectivity index is 1.38. The van der Waals surface area contributed by atoms with E-state index in [-0.39, 0.29) is 5.91 Å². The minimum Gasteiger partial charge on any atom is -0.449 e. The van der Waals surface area contributed by atoms with Gasteiger partial charge in [0.05, 0.1) is 17.2 Å². The van der Waals surface area contributed by atoms with Gasteiger partial charge < -0.3 is 15.0 Å². The van der Waals surface area contributed by atoms with Crippen LogP contribution in [0.25, 0.3) is 0 Å². The summed E-state index contributed by atoms with van der Waals surface area (Å²) in [6, 6.07) is 12.7. The molecule has 1 saturated heterocycles. The molecule has 1 N–H and O–H groups in total. The summed E-state index contributed by atoms with van der Waals surface area (Å²) in [6.45, 7) is 0.463. The van der Waals surface area contributed by atoms with Gasteiger partial charge in [0.2, 0.25) is 0 Å². The van der Waals surface area contributed by atoms with Crippen LogP contribution in [0.3, 0.4) is 0 Å². The van der Waals surface area contributed by atoms with Gasteiger partial charge in [0.1, 0.15) is 5.82 Å². The van der Waals surface area contributed by atoms with Gasteiger partial charge in [0.25, 0.3) is 5.91 Å². The molecule has 0 bridgehead atoms. The van der Waals surface area contributed by atoms with Crippen LogP contribution >= 0.6 is 0 Å². The average Bonchev–Trinajstić information content (AvgIpc) is 3.45. The van der Waals surface area contributed by atoms with E-state index in [0.29, 0.717) is 35.8 Å². The van der Waals surface area contributed by atoms with Crippen molar-refractivity contribution in [1.29, 1.82) is 5.26 Å². The van der Waals surface area contributed by atoms with E-state index in [2.05, 4.69) is 10.3 Å². The van der Waals surface area contributed by atoms with Crippen LogP contribution in [-0.2, 0) is 9.53 Å². The van der Waals surface area contributed by atoms with Gasteiger partial charge in [0.15, 0.2) is 6.10 Å². The third kappa shape index (κ3) is 3.75. The van der Waals surface area contributed by atoms with Crippen LogP contribution in [0.4, 0.5) is 11.5 Å². The van der Waals surface area contributed by atoms with Crippen molar-refractivity contribution in [1.82, 2.24) is 4.98 Å². The van der Waals surface area contributed by atoms with E-state index < -0.39 is 12.1 Å². The number of carbonyl (C=O) groups excluding carboxylic acids is 2. The lowest BCUT2D eigenvalue weighted by Gasteiger charge is -2.17. The highest BCUT2D eigenvalue weighted by Crippen LogP contribution is 2.25. The summed E-state index contributed by atoms with van der Waals surface area (Å²) < 4.78 is 5.40. The zero-order valence-electron chi connectivity index (χ0n) is 14.6. The number of esters is 1. The fourth-order valence-electron chi connectivity index (χ4n) is 2.97. The molecular formula is C20H18N4O3. The van der Waals surface area contributed by atoms with Gasteiger partial charge in [-0.2, -0.15) is 5.26 Å². The number of aromatic nitrogens is 1. The normalized spacial score (nSPS) is 18.9. The van der Waals surface area contributed by atoms with E-state index in [9.17, 15) is 9.59 Å². The summed E-state index contributed by atoms with van der Waals surface area (Å²) in [6.07, 6.45) is 3.37. The first kappa shape index (κ1) is 17.0. The van der Waals surface area contributed by atoms with E-state index in [4.69, 9.17) is 10.00 Å². The molecule has 2 heterocycles. The molecule has 1 aromatic carbocycles. The number of rotatable bonds is 5. The molecule has 2 fully saturated rings. The maximum absolute atomic E-state index is 12.6. The van der Waals surface area contributed by atoms with Crippen molar-refractivity contribution >= 4 is 23.4 Å². The summed E-state index contributed by atoms with van der Waals surface area (Å²) in [5.41, 5.74) is 1.54. The predicted octanol–water partition coefficient (Wildman–Crippen LogP) is 2.49. The highest BCUT2D eigenvalue weighted by Gasteiger charge is 2.35. The standard InChI is InChI=1S/C20H18N4O3/c21-11-13-1-6-16(7-2-13)24-10-9-17(19(24)25)27-20(26)14-3-8-18(22-12-14)23-15-4-5-15/h1-3,6-8,12,15,17H,4-5,9-10H2,(H,22,23). The summed E-state index contributed by atoms with van der Waals surface area (Å²) >= 11 is 0. The lowest BCUT2D eigenvalue weighted by atomic mass is 10.2. The maximum Gasteiger partial charge on any atom is 0.340 e. The Hall–Kier alpha value is -3.40. The molecule has 1 amide bonds. The van der Waals surface area contributed by atoms with Crippen molar-refractivity contribution in [3.63, 3.8) is 0 Å². The van der Waals surface area contributed by atoms with Crippen LogP contribution in [0, 0.1) is 11.3 Å². The lowest BCUT2D eigenvalue weighted by molar-refractivity contribution is -0.124. The maximum atomic E-state index is 12.6. The second kappa shape index (κ2) is 7.08. The number of hydrogen-bond donors (Lipinski definition) is 1. The largest absolute Gasteiger partial charge is 0.449 e. The number of hydrogen-bond acceptors (Lipinski definition) is 6. The van der Waals surface area contributed by atoms with Gasteiger partial charge in [0, 0.05) is 30.9 Å². The number of pyridine rings is 1. The number of nitriles is 1. The van der Waals surface area contributed by atoms with Crippen LogP contribution in [0.15, 0.2) is 42.6 Å². The minimum atomic E-state index is -0.808. The Morgan fingerprint density at radius 2 is 1.96 bits per heavy atom. The molecule has 1 aromatic heterocycles. The van der Waals surface area contributed by atoms with Crippen LogP contribution in [0.5, 0.6) is 0 Å². The molecule has 1 aliphatic heterocycles. The molecule has 7 nitrogen and oxygen atoms in total. The van der Waals surface area contributed by atoms with Crippen LogP contribution < -0.4 is 10.2 Å². The highest BCUT2D eigenvalue weighted by molar-refractivity contribution is 6.01. The highest BCUT2D eigenvalue weighted by atomic mass is 16.5. The Kier molecular flexibility index (Phi) is 4.47. The van der Waals surface area contributed by atoms with Crippen molar-refractivity contribution < 1.29 is 14.3 Å². The van der Waals surface area contributed by atoms with Crippen molar-refractivity contribution in [2.45, 2.75) is 31.4 Å². The average molecular weight is 362 g/mol. The van der Waals surface area contributed by atoms with Crippen molar-refractivity contribution in [3.8, 4) is 6.07 Å². The number of benzene rings is 1. The number of anilines is 2. The molecule has 27 heavy (non-hydrogen) atoms. The quantitative estimate of drug-likeness (QED) is 0.821. The van der Waals surface area contributed by atoms with Gasteiger partial charge in [-0.1, -0.05) is 0 Å². The molecular weight excluding hydrogens is 344 g/mol. The summed E-state index contributed by atoms with van der Waals surface area (Å²) in [5, 5.41) is 12.1. The second-order valence-electron chi connectivity index (χ2n) is 6.68. The minimum absolute atomic E-state index is 0.256. The molecule has 136 valence electrons. The fraction of sp³-hybridized carbons (Fsp3) is 0.300. The van der Waals surface area contributed by atoms with Crippen LogP contribution in [0.1, 0.15) is 35.2 Å². The molecule has 1 unspecified atom stereocenters.